The lowest BCUT2D eigenvalue weighted by atomic mass is 9.88. The molecular formula is C18H19ClO4. The van der Waals surface area contributed by atoms with E-state index in [-0.39, 0.29) is 17.9 Å². The molecule has 0 aliphatic carbocycles. The summed E-state index contributed by atoms with van der Waals surface area (Å²) in [5, 5.41) is 20.3. The second-order valence-electron chi connectivity index (χ2n) is 5.57. The zero-order chi connectivity index (χ0) is 17.1. The first-order chi connectivity index (χ1) is 10.8. The van der Waals surface area contributed by atoms with Crippen molar-refractivity contribution in [3.63, 3.8) is 0 Å². The van der Waals surface area contributed by atoms with Gasteiger partial charge in [0.05, 0.1) is 13.0 Å². The van der Waals surface area contributed by atoms with E-state index in [1.807, 2.05) is 32.0 Å². The van der Waals surface area contributed by atoms with Crippen molar-refractivity contribution in [2.45, 2.75) is 26.2 Å². The monoisotopic (exact) mass is 334 g/mol. The quantitative estimate of drug-likeness (QED) is 0.864. The highest BCUT2D eigenvalue weighted by Crippen LogP contribution is 2.37. The van der Waals surface area contributed by atoms with Gasteiger partial charge >= 0.3 is 5.97 Å². The largest absolute Gasteiger partial charge is 0.504 e. The minimum absolute atomic E-state index is 0.0755. The lowest BCUT2D eigenvalue weighted by Gasteiger charge is -2.18. The normalized spacial score (nSPS) is 12.0. The lowest BCUT2D eigenvalue weighted by Crippen LogP contribution is -2.16. The van der Waals surface area contributed by atoms with Crippen LogP contribution < -0.4 is 4.74 Å². The molecule has 0 bridgehead atoms. The molecule has 0 aromatic heterocycles. The molecule has 5 heteroatoms. The summed E-state index contributed by atoms with van der Waals surface area (Å²) in [6, 6.07) is 8.78. The standard InChI is InChI=1S/C18H19ClO4/c1-10-4-5-11(2)14(6-10)15(18(21)22)8-12-7-13(19)9-16(23-3)17(12)20/h4-7,9,15,20H,8H2,1-3H3,(H,21,22). The predicted molar refractivity (Wildman–Crippen MR) is 89.7 cm³/mol. The first-order valence-electron chi connectivity index (χ1n) is 7.18. The number of hydrogen-bond acceptors (Lipinski definition) is 3. The summed E-state index contributed by atoms with van der Waals surface area (Å²) in [5.74, 6) is -1.56. The zero-order valence-corrected chi connectivity index (χ0v) is 14.0. The van der Waals surface area contributed by atoms with Gasteiger partial charge in [0, 0.05) is 16.7 Å². The van der Waals surface area contributed by atoms with E-state index < -0.39 is 11.9 Å². The summed E-state index contributed by atoms with van der Waals surface area (Å²) in [6.45, 7) is 3.80. The van der Waals surface area contributed by atoms with Crippen LogP contribution in [-0.2, 0) is 11.2 Å². The highest BCUT2D eigenvalue weighted by atomic mass is 35.5. The SMILES string of the molecule is COc1cc(Cl)cc(CC(C(=O)O)c2cc(C)ccc2C)c1O. The van der Waals surface area contributed by atoms with Crippen molar-refractivity contribution in [3.8, 4) is 11.5 Å². The van der Waals surface area contributed by atoms with Gasteiger partial charge in [0.15, 0.2) is 11.5 Å². The Hall–Kier alpha value is -2.20. The number of carboxylic acid groups (broad SMARTS) is 1. The molecule has 0 saturated heterocycles. The number of benzene rings is 2. The Morgan fingerprint density at radius 2 is 1.96 bits per heavy atom. The lowest BCUT2D eigenvalue weighted by molar-refractivity contribution is -0.138. The van der Waals surface area contributed by atoms with Crippen LogP contribution in [0.3, 0.4) is 0 Å². The number of ether oxygens (including phenoxy) is 1. The van der Waals surface area contributed by atoms with Crippen LogP contribution in [0.2, 0.25) is 5.02 Å². The molecule has 0 fully saturated rings. The fourth-order valence-electron chi connectivity index (χ4n) is 2.63. The van der Waals surface area contributed by atoms with Crippen LogP contribution >= 0.6 is 11.6 Å². The smallest absolute Gasteiger partial charge is 0.311 e. The van der Waals surface area contributed by atoms with Crippen molar-refractivity contribution in [1.82, 2.24) is 0 Å². The minimum Gasteiger partial charge on any atom is -0.504 e. The Bertz CT molecular complexity index is 740. The third-order valence-electron chi connectivity index (χ3n) is 3.87. The molecule has 0 aliphatic rings. The summed E-state index contributed by atoms with van der Waals surface area (Å²) in [5.41, 5.74) is 3.07. The van der Waals surface area contributed by atoms with Gasteiger partial charge in [-0.15, -0.1) is 0 Å². The molecule has 0 amide bonds. The van der Waals surface area contributed by atoms with Crippen LogP contribution in [-0.4, -0.2) is 23.3 Å². The van der Waals surface area contributed by atoms with Gasteiger partial charge in [-0.3, -0.25) is 4.79 Å². The van der Waals surface area contributed by atoms with Gasteiger partial charge in [0.2, 0.25) is 0 Å². The molecule has 2 rings (SSSR count). The Kier molecular flexibility index (Phi) is 5.16. The molecule has 0 aliphatic heterocycles. The molecule has 0 radical (unpaired) electrons. The van der Waals surface area contributed by atoms with Crippen LogP contribution in [0.1, 0.15) is 28.2 Å². The molecule has 2 N–H and O–H groups in total. The third kappa shape index (κ3) is 3.77. The second-order valence-corrected chi connectivity index (χ2v) is 6.01. The maximum Gasteiger partial charge on any atom is 0.311 e. The second kappa shape index (κ2) is 6.92. The van der Waals surface area contributed by atoms with Gasteiger partial charge < -0.3 is 14.9 Å². The molecule has 1 unspecified atom stereocenters. The zero-order valence-electron chi connectivity index (χ0n) is 13.3. The van der Waals surface area contributed by atoms with Crippen molar-refractivity contribution in [2.75, 3.05) is 7.11 Å². The molecular weight excluding hydrogens is 316 g/mol. The van der Waals surface area contributed by atoms with Gasteiger partial charge in [-0.05, 0) is 37.5 Å². The van der Waals surface area contributed by atoms with E-state index >= 15 is 0 Å². The molecule has 122 valence electrons. The molecule has 23 heavy (non-hydrogen) atoms. The molecule has 2 aromatic rings. The van der Waals surface area contributed by atoms with Gasteiger partial charge in [-0.1, -0.05) is 35.4 Å². The Morgan fingerprint density at radius 1 is 1.26 bits per heavy atom. The number of rotatable bonds is 5. The Morgan fingerprint density at radius 3 is 2.57 bits per heavy atom. The molecule has 0 heterocycles. The summed E-state index contributed by atoms with van der Waals surface area (Å²) in [6.07, 6.45) is 0.127. The van der Waals surface area contributed by atoms with Crippen LogP contribution in [0.15, 0.2) is 30.3 Å². The van der Waals surface area contributed by atoms with E-state index in [1.165, 1.54) is 13.2 Å². The van der Waals surface area contributed by atoms with Crippen molar-refractivity contribution in [3.05, 3.63) is 57.6 Å². The van der Waals surface area contributed by atoms with Crippen LogP contribution in [0.4, 0.5) is 0 Å². The summed E-state index contributed by atoms with van der Waals surface area (Å²) in [7, 11) is 1.43. The van der Waals surface area contributed by atoms with E-state index in [0.717, 1.165) is 16.7 Å². The summed E-state index contributed by atoms with van der Waals surface area (Å²) < 4.78 is 5.08. The number of aliphatic carboxylic acids is 1. The average Bonchev–Trinajstić information content (AvgIpc) is 2.50. The number of aromatic hydroxyl groups is 1. The third-order valence-corrected chi connectivity index (χ3v) is 4.09. The van der Waals surface area contributed by atoms with E-state index in [9.17, 15) is 15.0 Å². The fourth-order valence-corrected chi connectivity index (χ4v) is 2.86. The maximum absolute atomic E-state index is 11.8. The number of aryl methyl sites for hydroxylation is 2. The van der Waals surface area contributed by atoms with Crippen LogP contribution in [0.5, 0.6) is 11.5 Å². The van der Waals surface area contributed by atoms with Gasteiger partial charge in [-0.2, -0.15) is 0 Å². The van der Waals surface area contributed by atoms with Gasteiger partial charge in [0.25, 0.3) is 0 Å². The number of phenols is 1. The highest BCUT2D eigenvalue weighted by Gasteiger charge is 2.24. The van der Waals surface area contributed by atoms with Crippen LogP contribution in [0, 0.1) is 13.8 Å². The summed E-state index contributed by atoms with van der Waals surface area (Å²) >= 11 is 6.03. The van der Waals surface area contributed by atoms with E-state index in [0.29, 0.717) is 10.6 Å². The predicted octanol–water partition coefficient (Wildman–Crippen LogP) is 4.08. The van der Waals surface area contributed by atoms with Crippen molar-refractivity contribution < 1.29 is 19.7 Å². The molecule has 0 saturated carbocycles. The Balaban J connectivity index is 2.47. The molecule has 1 atom stereocenters. The maximum atomic E-state index is 11.8. The topological polar surface area (TPSA) is 66.8 Å². The molecule has 0 spiro atoms. The average molecular weight is 335 g/mol. The Labute approximate surface area is 140 Å². The van der Waals surface area contributed by atoms with E-state index in [1.54, 1.807) is 6.07 Å². The highest BCUT2D eigenvalue weighted by molar-refractivity contribution is 6.30. The fraction of sp³-hybridized carbons (Fsp3) is 0.278. The van der Waals surface area contributed by atoms with Gasteiger partial charge in [-0.25, -0.2) is 0 Å². The minimum atomic E-state index is -0.947. The number of phenolic OH excluding ortho intramolecular Hbond substituents is 1. The molecule has 4 nitrogen and oxygen atoms in total. The molecule has 2 aromatic carbocycles. The number of methoxy groups -OCH3 is 1. The first-order valence-corrected chi connectivity index (χ1v) is 7.56. The number of carboxylic acids is 1. The van der Waals surface area contributed by atoms with Crippen LogP contribution in [0.25, 0.3) is 0 Å². The van der Waals surface area contributed by atoms with Crippen molar-refractivity contribution in [1.29, 1.82) is 0 Å². The van der Waals surface area contributed by atoms with Crippen molar-refractivity contribution in [2.24, 2.45) is 0 Å². The van der Waals surface area contributed by atoms with E-state index in [2.05, 4.69) is 0 Å². The number of halogens is 1. The van der Waals surface area contributed by atoms with Crippen molar-refractivity contribution >= 4 is 17.6 Å². The van der Waals surface area contributed by atoms with E-state index in [4.69, 9.17) is 16.3 Å². The first kappa shape index (κ1) is 17.2. The number of hydrogen-bond donors (Lipinski definition) is 2. The van der Waals surface area contributed by atoms with Gasteiger partial charge in [0.1, 0.15) is 0 Å². The summed E-state index contributed by atoms with van der Waals surface area (Å²) in [4.78, 5) is 11.8. The number of carbonyl (C=O) groups is 1.